The van der Waals surface area contributed by atoms with Crippen LogP contribution in [0.3, 0.4) is 0 Å². The van der Waals surface area contributed by atoms with E-state index in [1.807, 2.05) is 6.07 Å². The number of carbonyl (C=O) groups excluding carboxylic acids is 1. The fourth-order valence-electron chi connectivity index (χ4n) is 3.82. The first-order valence-corrected chi connectivity index (χ1v) is 10.3. The third kappa shape index (κ3) is 3.67. The van der Waals surface area contributed by atoms with E-state index in [-0.39, 0.29) is 0 Å². The number of phenols is 1. The number of likely N-dealkylation sites (tertiary alicyclic amines) is 1. The summed E-state index contributed by atoms with van der Waals surface area (Å²) in [5, 5.41) is 17.1. The molecule has 2 aromatic rings. The van der Waals surface area contributed by atoms with Gasteiger partial charge >= 0.3 is 10.2 Å². The van der Waals surface area contributed by atoms with E-state index in [4.69, 9.17) is 0 Å². The summed E-state index contributed by atoms with van der Waals surface area (Å²) in [6, 6.07) is 4.52. The SMILES string of the molecule is O=C1CN(c2c(O)cc(CC3CCN(Cc4ccn[nH]4)C3)cc2F)S(=O)(=O)N1. The van der Waals surface area contributed by atoms with Crippen LogP contribution in [0.1, 0.15) is 17.7 Å². The normalized spacial score (nSPS) is 22.0. The maximum atomic E-state index is 14.6. The number of rotatable bonds is 5. The summed E-state index contributed by atoms with van der Waals surface area (Å²) in [4.78, 5) is 13.6. The number of nitrogens with zero attached hydrogens (tertiary/aromatic N) is 3. The average molecular weight is 409 g/mol. The van der Waals surface area contributed by atoms with Gasteiger partial charge in [0.15, 0.2) is 5.82 Å². The van der Waals surface area contributed by atoms with E-state index in [0.717, 1.165) is 31.7 Å². The molecule has 2 saturated heterocycles. The van der Waals surface area contributed by atoms with Gasteiger partial charge in [0.05, 0.1) is 0 Å². The molecule has 28 heavy (non-hydrogen) atoms. The molecular formula is C17H20FN5O4S. The molecule has 0 bridgehead atoms. The van der Waals surface area contributed by atoms with Gasteiger partial charge in [-0.05, 0) is 49.1 Å². The Kier molecular flexibility index (Phi) is 4.71. The minimum Gasteiger partial charge on any atom is -0.506 e. The summed E-state index contributed by atoms with van der Waals surface area (Å²) in [6.45, 7) is 1.96. The van der Waals surface area contributed by atoms with Crippen molar-refractivity contribution in [2.24, 2.45) is 5.92 Å². The van der Waals surface area contributed by atoms with Crippen LogP contribution in [-0.2, 0) is 28.0 Å². The number of phenolic OH excluding ortho intramolecular Hbond substituents is 1. The average Bonchev–Trinajstić information content (AvgIpc) is 3.30. The fourth-order valence-corrected chi connectivity index (χ4v) is 4.99. The van der Waals surface area contributed by atoms with Gasteiger partial charge in [0.1, 0.15) is 18.0 Å². The van der Waals surface area contributed by atoms with Crippen molar-refractivity contribution in [3.63, 3.8) is 0 Å². The number of aromatic amines is 1. The molecule has 3 heterocycles. The molecule has 1 unspecified atom stereocenters. The Morgan fingerprint density at radius 3 is 2.82 bits per heavy atom. The molecule has 1 amide bonds. The Labute approximate surface area is 161 Å². The molecule has 0 spiro atoms. The summed E-state index contributed by atoms with van der Waals surface area (Å²) in [6.07, 6.45) is 3.21. The van der Waals surface area contributed by atoms with Gasteiger partial charge in [-0.2, -0.15) is 13.5 Å². The minimum absolute atomic E-state index is 0.298. The van der Waals surface area contributed by atoms with E-state index in [1.54, 1.807) is 10.9 Å². The summed E-state index contributed by atoms with van der Waals surface area (Å²) in [5.41, 5.74) is 1.11. The number of benzene rings is 1. The Hall–Kier alpha value is -2.66. The van der Waals surface area contributed by atoms with Crippen LogP contribution >= 0.6 is 0 Å². The number of amides is 1. The predicted octanol–water partition coefficient (Wildman–Crippen LogP) is 0.500. The number of aromatic nitrogens is 2. The predicted molar refractivity (Wildman–Crippen MR) is 98.1 cm³/mol. The van der Waals surface area contributed by atoms with Crippen LogP contribution in [0.4, 0.5) is 10.1 Å². The number of nitrogens with one attached hydrogen (secondary N) is 2. The molecule has 2 aliphatic rings. The van der Waals surface area contributed by atoms with Gasteiger partial charge in [0.2, 0.25) is 0 Å². The molecule has 11 heteroatoms. The van der Waals surface area contributed by atoms with E-state index in [1.165, 1.54) is 12.1 Å². The highest BCUT2D eigenvalue weighted by molar-refractivity contribution is 7.92. The maximum absolute atomic E-state index is 14.6. The molecule has 3 N–H and O–H groups in total. The fraction of sp³-hybridized carbons (Fsp3) is 0.412. The van der Waals surface area contributed by atoms with Crippen LogP contribution in [0, 0.1) is 11.7 Å². The zero-order chi connectivity index (χ0) is 19.9. The zero-order valence-corrected chi connectivity index (χ0v) is 15.7. The molecule has 150 valence electrons. The molecule has 0 aliphatic carbocycles. The zero-order valence-electron chi connectivity index (χ0n) is 14.9. The number of hydrogen-bond acceptors (Lipinski definition) is 6. The molecule has 4 rings (SSSR count). The highest BCUT2D eigenvalue weighted by Crippen LogP contribution is 2.35. The lowest BCUT2D eigenvalue weighted by molar-refractivity contribution is -0.117. The van der Waals surface area contributed by atoms with E-state index in [2.05, 4.69) is 15.1 Å². The van der Waals surface area contributed by atoms with Crippen molar-refractivity contribution in [1.29, 1.82) is 0 Å². The second kappa shape index (κ2) is 7.06. The minimum atomic E-state index is -4.18. The first-order chi connectivity index (χ1) is 13.3. The van der Waals surface area contributed by atoms with Crippen LogP contribution in [0.25, 0.3) is 0 Å². The second-order valence-electron chi connectivity index (χ2n) is 7.16. The van der Waals surface area contributed by atoms with E-state index >= 15 is 0 Å². The number of H-pyrrole nitrogens is 1. The van der Waals surface area contributed by atoms with Gasteiger partial charge in [0, 0.05) is 25.0 Å². The van der Waals surface area contributed by atoms with Gasteiger partial charge in [-0.25, -0.2) is 13.4 Å². The van der Waals surface area contributed by atoms with Crippen molar-refractivity contribution in [2.45, 2.75) is 19.4 Å². The van der Waals surface area contributed by atoms with Crippen molar-refractivity contribution in [1.82, 2.24) is 19.8 Å². The largest absolute Gasteiger partial charge is 0.506 e. The highest BCUT2D eigenvalue weighted by Gasteiger charge is 2.37. The smallest absolute Gasteiger partial charge is 0.326 e. The molecule has 1 aromatic heterocycles. The van der Waals surface area contributed by atoms with Crippen LogP contribution in [0.5, 0.6) is 5.75 Å². The van der Waals surface area contributed by atoms with Crippen molar-refractivity contribution < 1.29 is 22.7 Å². The van der Waals surface area contributed by atoms with Crippen LogP contribution in [0.15, 0.2) is 24.4 Å². The number of carbonyl (C=O) groups is 1. The second-order valence-corrected chi connectivity index (χ2v) is 8.75. The van der Waals surface area contributed by atoms with E-state index in [0.29, 0.717) is 22.2 Å². The van der Waals surface area contributed by atoms with Crippen molar-refractivity contribution in [3.8, 4) is 5.75 Å². The third-order valence-electron chi connectivity index (χ3n) is 5.02. The Morgan fingerprint density at radius 1 is 1.36 bits per heavy atom. The molecule has 0 saturated carbocycles. The quantitative estimate of drug-likeness (QED) is 0.662. The van der Waals surface area contributed by atoms with E-state index in [9.17, 15) is 22.7 Å². The standard InChI is InChI=1S/C17H20FN5O4S/c18-14-6-12(5-11-2-4-22(8-11)9-13-1-3-19-20-13)7-15(24)17(14)23-10-16(25)21-28(23,26)27/h1,3,6-7,11,24H,2,4-5,8-10H2,(H,19,20)(H,21,25). The number of halogens is 1. The highest BCUT2D eigenvalue weighted by atomic mass is 32.2. The lowest BCUT2D eigenvalue weighted by Gasteiger charge is -2.19. The topological polar surface area (TPSA) is 119 Å². The molecule has 2 fully saturated rings. The molecule has 1 aromatic carbocycles. The number of hydrogen-bond donors (Lipinski definition) is 3. The van der Waals surface area contributed by atoms with Gasteiger partial charge in [0.25, 0.3) is 5.91 Å². The van der Waals surface area contributed by atoms with Crippen molar-refractivity contribution in [2.75, 3.05) is 23.9 Å². The molecule has 0 radical (unpaired) electrons. The molecular weight excluding hydrogens is 389 g/mol. The first-order valence-electron chi connectivity index (χ1n) is 8.87. The van der Waals surface area contributed by atoms with Gasteiger partial charge in [-0.15, -0.1) is 0 Å². The Morgan fingerprint density at radius 2 is 2.18 bits per heavy atom. The number of anilines is 1. The summed E-state index contributed by atoms with van der Waals surface area (Å²) >= 11 is 0. The first kappa shape index (κ1) is 18.7. The van der Waals surface area contributed by atoms with Crippen molar-refractivity contribution >= 4 is 21.8 Å². The van der Waals surface area contributed by atoms with Crippen LogP contribution in [0.2, 0.25) is 0 Å². The van der Waals surface area contributed by atoms with Crippen LogP contribution < -0.4 is 9.03 Å². The van der Waals surface area contributed by atoms with E-state index < -0.39 is 39.9 Å². The molecule has 1 atom stereocenters. The van der Waals surface area contributed by atoms with Gasteiger partial charge < -0.3 is 5.11 Å². The van der Waals surface area contributed by atoms with Crippen LogP contribution in [-0.4, -0.2) is 54.2 Å². The monoisotopic (exact) mass is 409 g/mol. The lowest BCUT2D eigenvalue weighted by atomic mass is 9.98. The van der Waals surface area contributed by atoms with Gasteiger partial charge in [-0.3, -0.25) is 14.8 Å². The lowest BCUT2D eigenvalue weighted by Crippen LogP contribution is -2.30. The third-order valence-corrected chi connectivity index (χ3v) is 6.40. The summed E-state index contributed by atoms with van der Waals surface area (Å²) < 4.78 is 40.7. The Balaban J connectivity index is 1.46. The molecule has 2 aliphatic heterocycles. The van der Waals surface area contributed by atoms with Gasteiger partial charge in [-0.1, -0.05) is 0 Å². The summed E-state index contributed by atoms with van der Waals surface area (Å²) in [7, 11) is -4.18. The maximum Gasteiger partial charge on any atom is 0.326 e. The molecule has 9 nitrogen and oxygen atoms in total. The summed E-state index contributed by atoms with van der Waals surface area (Å²) in [5.74, 6) is -1.85. The van der Waals surface area contributed by atoms with Crippen molar-refractivity contribution in [3.05, 3.63) is 41.5 Å². The Bertz CT molecular complexity index is 972. The number of aromatic hydroxyl groups is 1.